The lowest BCUT2D eigenvalue weighted by Gasteiger charge is -2.08. The number of hydrogen-bond acceptors (Lipinski definition) is 5. The third-order valence-electron chi connectivity index (χ3n) is 3.14. The van der Waals surface area contributed by atoms with Crippen molar-refractivity contribution in [2.75, 3.05) is 7.11 Å². The van der Waals surface area contributed by atoms with Crippen LogP contribution in [0.1, 0.15) is 40.4 Å². The third kappa shape index (κ3) is 3.80. The molecule has 6 heteroatoms. The van der Waals surface area contributed by atoms with Crippen molar-refractivity contribution in [2.45, 2.75) is 25.9 Å². The van der Waals surface area contributed by atoms with Crippen molar-refractivity contribution < 1.29 is 9.53 Å². The number of nitrogens with zero attached hydrogens (tertiary/aromatic N) is 1. The molecule has 0 radical (unpaired) electrons. The van der Waals surface area contributed by atoms with Crippen molar-refractivity contribution in [3.63, 3.8) is 0 Å². The summed E-state index contributed by atoms with van der Waals surface area (Å²) in [5, 5.41) is 5.37. The molecule has 21 heavy (non-hydrogen) atoms. The molecule has 5 nitrogen and oxygen atoms in total. The summed E-state index contributed by atoms with van der Waals surface area (Å²) in [7, 11) is 1.61. The number of ether oxygens (including phenoxy) is 1. The molecule has 0 aliphatic carbocycles. The van der Waals surface area contributed by atoms with Gasteiger partial charge >= 0.3 is 0 Å². The first kappa shape index (κ1) is 15.5. The smallest absolute Gasteiger partial charge is 0.271 e. The van der Waals surface area contributed by atoms with Gasteiger partial charge in [0, 0.05) is 17.5 Å². The Hall–Kier alpha value is -1.92. The van der Waals surface area contributed by atoms with E-state index in [1.165, 1.54) is 11.3 Å². The van der Waals surface area contributed by atoms with E-state index < -0.39 is 0 Å². The van der Waals surface area contributed by atoms with Crippen LogP contribution in [0.4, 0.5) is 0 Å². The van der Waals surface area contributed by atoms with Gasteiger partial charge in [0.05, 0.1) is 13.2 Å². The predicted octanol–water partition coefficient (Wildman–Crippen LogP) is 2.49. The first-order chi connectivity index (χ1) is 10.2. The number of nitrogens with two attached hydrogens (primary N) is 1. The zero-order valence-electron chi connectivity index (χ0n) is 12.1. The van der Waals surface area contributed by atoms with Crippen LogP contribution in [0.15, 0.2) is 29.6 Å². The molecule has 1 amide bonds. The van der Waals surface area contributed by atoms with E-state index in [9.17, 15) is 4.79 Å². The second-order valence-electron chi connectivity index (χ2n) is 4.58. The molecule has 0 bridgehead atoms. The maximum atomic E-state index is 12.1. The number of nitrogens with one attached hydrogen (secondary N) is 1. The van der Waals surface area contributed by atoms with E-state index in [4.69, 9.17) is 10.5 Å². The average Bonchev–Trinajstić information content (AvgIpc) is 3.02. The Bertz CT molecular complexity index is 612. The van der Waals surface area contributed by atoms with E-state index in [1.54, 1.807) is 12.5 Å². The van der Waals surface area contributed by atoms with Crippen LogP contribution in [0.5, 0.6) is 5.75 Å². The standard InChI is InChI=1S/C15H19N3O2S/c1-3-11(16)15-18-12(9-21-15)14(19)17-8-10-6-4-5-7-13(10)20-2/h4-7,9,11H,3,8,16H2,1-2H3,(H,17,19). The fraction of sp³-hybridized carbons (Fsp3) is 0.333. The fourth-order valence-electron chi connectivity index (χ4n) is 1.85. The highest BCUT2D eigenvalue weighted by Crippen LogP contribution is 2.19. The topological polar surface area (TPSA) is 77.2 Å². The zero-order chi connectivity index (χ0) is 15.2. The number of amides is 1. The molecule has 1 aromatic carbocycles. The molecule has 0 fully saturated rings. The molecule has 1 heterocycles. The first-order valence-corrected chi connectivity index (χ1v) is 7.64. The van der Waals surface area contributed by atoms with Crippen LogP contribution in [0.25, 0.3) is 0 Å². The number of rotatable bonds is 6. The summed E-state index contributed by atoms with van der Waals surface area (Å²) in [4.78, 5) is 16.4. The van der Waals surface area contributed by atoms with E-state index in [0.717, 1.165) is 22.7 Å². The zero-order valence-corrected chi connectivity index (χ0v) is 12.9. The number of carbonyl (C=O) groups excluding carboxylic acids is 1. The van der Waals surface area contributed by atoms with Crippen molar-refractivity contribution in [3.8, 4) is 5.75 Å². The minimum absolute atomic E-state index is 0.106. The molecule has 112 valence electrons. The number of methoxy groups -OCH3 is 1. The van der Waals surface area contributed by atoms with Gasteiger partial charge in [0.25, 0.3) is 5.91 Å². The summed E-state index contributed by atoms with van der Waals surface area (Å²) < 4.78 is 5.25. The third-order valence-corrected chi connectivity index (χ3v) is 4.12. The second kappa shape index (κ2) is 7.19. The maximum absolute atomic E-state index is 12.1. The van der Waals surface area contributed by atoms with Crippen LogP contribution in [0.2, 0.25) is 0 Å². The van der Waals surface area contributed by atoms with Gasteiger partial charge in [-0.15, -0.1) is 11.3 Å². The summed E-state index contributed by atoms with van der Waals surface area (Å²) in [5.74, 6) is 0.552. The largest absolute Gasteiger partial charge is 0.496 e. The number of benzene rings is 1. The molecule has 2 aromatic rings. The van der Waals surface area contributed by atoms with Crippen molar-refractivity contribution in [1.29, 1.82) is 0 Å². The number of aromatic nitrogens is 1. The molecule has 0 saturated carbocycles. The van der Waals surface area contributed by atoms with Gasteiger partial charge in [-0.1, -0.05) is 25.1 Å². The lowest BCUT2D eigenvalue weighted by Crippen LogP contribution is -2.23. The molecule has 0 saturated heterocycles. The van der Waals surface area contributed by atoms with Crippen LogP contribution >= 0.6 is 11.3 Å². The van der Waals surface area contributed by atoms with Crippen molar-refractivity contribution >= 4 is 17.2 Å². The summed E-state index contributed by atoms with van der Waals surface area (Å²) in [6.45, 7) is 2.39. The van der Waals surface area contributed by atoms with E-state index in [-0.39, 0.29) is 11.9 Å². The average molecular weight is 305 g/mol. The van der Waals surface area contributed by atoms with Crippen LogP contribution in [0.3, 0.4) is 0 Å². The first-order valence-electron chi connectivity index (χ1n) is 6.76. The summed E-state index contributed by atoms with van der Waals surface area (Å²) in [6, 6.07) is 7.47. The molecule has 1 atom stereocenters. The number of para-hydroxylation sites is 1. The molecule has 2 rings (SSSR count). The van der Waals surface area contributed by atoms with Gasteiger partial charge in [0.1, 0.15) is 16.5 Å². The second-order valence-corrected chi connectivity index (χ2v) is 5.47. The highest BCUT2D eigenvalue weighted by atomic mass is 32.1. The number of hydrogen-bond donors (Lipinski definition) is 2. The molecule has 0 aliphatic rings. The Morgan fingerprint density at radius 1 is 1.48 bits per heavy atom. The van der Waals surface area contributed by atoms with Crippen molar-refractivity contribution in [2.24, 2.45) is 5.73 Å². The van der Waals surface area contributed by atoms with Crippen LogP contribution in [-0.2, 0) is 6.54 Å². The molecule has 1 aromatic heterocycles. The number of carbonyl (C=O) groups is 1. The number of thiazole rings is 1. The monoisotopic (exact) mass is 305 g/mol. The van der Waals surface area contributed by atoms with Gasteiger partial charge in [-0.25, -0.2) is 4.98 Å². The quantitative estimate of drug-likeness (QED) is 0.859. The molecule has 3 N–H and O–H groups in total. The Morgan fingerprint density at radius 3 is 2.95 bits per heavy atom. The van der Waals surface area contributed by atoms with Crippen LogP contribution in [-0.4, -0.2) is 18.0 Å². The fourth-order valence-corrected chi connectivity index (χ4v) is 2.74. The van der Waals surface area contributed by atoms with Gasteiger partial charge in [0.2, 0.25) is 0 Å². The Kier molecular flexibility index (Phi) is 5.30. The van der Waals surface area contributed by atoms with Gasteiger partial charge in [-0.2, -0.15) is 0 Å². The molecular formula is C15H19N3O2S. The van der Waals surface area contributed by atoms with Gasteiger partial charge in [-0.3, -0.25) is 4.79 Å². The normalized spacial score (nSPS) is 12.0. The lowest BCUT2D eigenvalue weighted by atomic mass is 10.2. The molecular weight excluding hydrogens is 286 g/mol. The Labute approximate surface area is 128 Å². The van der Waals surface area contributed by atoms with Gasteiger partial charge in [0.15, 0.2) is 0 Å². The van der Waals surface area contributed by atoms with E-state index >= 15 is 0 Å². The predicted molar refractivity (Wildman–Crippen MR) is 83.5 cm³/mol. The lowest BCUT2D eigenvalue weighted by molar-refractivity contribution is 0.0946. The van der Waals surface area contributed by atoms with E-state index in [2.05, 4.69) is 10.3 Å². The highest BCUT2D eigenvalue weighted by molar-refractivity contribution is 7.09. The van der Waals surface area contributed by atoms with Gasteiger partial charge in [-0.05, 0) is 12.5 Å². The maximum Gasteiger partial charge on any atom is 0.271 e. The van der Waals surface area contributed by atoms with Crippen LogP contribution < -0.4 is 15.8 Å². The van der Waals surface area contributed by atoms with E-state index in [0.29, 0.717) is 12.2 Å². The van der Waals surface area contributed by atoms with Crippen molar-refractivity contribution in [1.82, 2.24) is 10.3 Å². The Balaban J connectivity index is 2.00. The summed E-state index contributed by atoms with van der Waals surface area (Å²) in [5.41, 5.74) is 7.25. The summed E-state index contributed by atoms with van der Waals surface area (Å²) >= 11 is 1.42. The minimum Gasteiger partial charge on any atom is -0.496 e. The SMILES string of the molecule is CCC(N)c1nc(C(=O)NCc2ccccc2OC)cs1. The molecule has 0 aliphatic heterocycles. The van der Waals surface area contributed by atoms with Crippen molar-refractivity contribution in [3.05, 3.63) is 45.9 Å². The van der Waals surface area contributed by atoms with E-state index in [1.807, 2.05) is 31.2 Å². The molecule has 0 spiro atoms. The minimum atomic E-state index is -0.202. The molecule has 1 unspecified atom stereocenters. The highest BCUT2D eigenvalue weighted by Gasteiger charge is 2.14. The van der Waals surface area contributed by atoms with Crippen LogP contribution in [0, 0.1) is 0 Å². The summed E-state index contributed by atoms with van der Waals surface area (Å²) in [6.07, 6.45) is 0.801. The Morgan fingerprint density at radius 2 is 2.24 bits per heavy atom. The van der Waals surface area contributed by atoms with Gasteiger partial charge < -0.3 is 15.8 Å².